The van der Waals surface area contributed by atoms with Crippen molar-refractivity contribution in [2.45, 2.75) is 13.3 Å². The third-order valence-electron chi connectivity index (χ3n) is 3.81. The fourth-order valence-corrected chi connectivity index (χ4v) is 3.43. The minimum Gasteiger partial charge on any atom is -0.330 e. The van der Waals surface area contributed by atoms with Crippen LogP contribution in [-0.2, 0) is 19.6 Å². The standard InChI is InChI=1S/C17H18N4O4S/c1-2-16(22)18-13-4-3-5-14(10-13)19-17(23)12-6-7-15-20-26(24,25)9-8-21(15)11-12/h3-7,10-11H,2,8-9H2,1H3,(H,18,22)(H,19,23). The Morgan fingerprint density at radius 1 is 1.19 bits per heavy atom. The van der Waals surface area contributed by atoms with Crippen molar-refractivity contribution < 1.29 is 18.0 Å². The van der Waals surface area contributed by atoms with Crippen molar-refractivity contribution >= 4 is 39.0 Å². The molecule has 0 aliphatic carbocycles. The molecule has 0 fully saturated rings. The van der Waals surface area contributed by atoms with Crippen molar-refractivity contribution in [3.8, 4) is 0 Å². The van der Waals surface area contributed by atoms with Gasteiger partial charge < -0.3 is 15.5 Å². The average Bonchev–Trinajstić information content (AvgIpc) is 2.60. The van der Waals surface area contributed by atoms with Gasteiger partial charge in [-0.25, -0.2) is 8.42 Å². The predicted octanol–water partition coefficient (Wildman–Crippen LogP) is 1.47. The monoisotopic (exact) mass is 374 g/mol. The van der Waals surface area contributed by atoms with Gasteiger partial charge in [-0.3, -0.25) is 9.59 Å². The molecule has 0 aromatic heterocycles. The minimum atomic E-state index is -3.43. The predicted molar refractivity (Wildman–Crippen MR) is 99.1 cm³/mol. The molecule has 2 heterocycles. The molecule has 136 valence electrons. The second-order valence-corrected chi connectivity index (χ2v) is 7.54. The number of carbonyl (C=O) groups excluding carboxylic acids is 2. The first kappa shape index (κ1) is 17.9. The van der Waals surface area contributed by atoms with Gasteiger partial charge in [0.25, 0.3) is 15.9 Å². The highest BCUT2D eigenvalue weighted by molar-refractivity contribution is 7.90. The highest BCUT2D eigenvalue weighted by Crippen LogP contribution is 2.19. The Labute approximate surface area is 151 Å². The van der Waals surface area contributed by atoms with Crippen molar-refractivity contribution in [3.05, 3.63) is 48.2 Å². The summed E-state index contributed by atoms with van der Waals surface area (Å²) in [7, 11) is -3.43. The topological polar surface area (TPSA) is 108 Å². The van der Waals surface area contributed by atoms with Gasteiger partial charge in [0.1, 0.15) is 5.84 Å². The number of amidine groups is 1. The van der Waals surface area contributed by atoms with Crippen LogP contribution in [0.5, 0.6) is 0 Å². The Balaban J connectivity index is 1.72. The maximum Gasteiger partial charge on any atom is 0.257 e. The number of fused-ring (bicyclic) bond motifs is 1. The summed E-state index contributed by atoms with van der Waals surface area (Å²) in [5, 5.41) is 5.49. The van der Waals surface area contributed by atoms with Crippen molar-refractivity contribution in [1.82, 2.24) is 4.90 Å². The lowest BCUT2D eigenvalue weighted by Crippen LogP contribution is -2.37. The summed E-state index contributed by atoms with van der Waals surface area (Å²) in [6.07, 6.45) is 4.97. The number of nitrogens with one attached hydrogen (secondary N) is 2. The third-order valence-corrected chi connectivity index (χ3v) is 4.98. The summed E-state index contributed by atoms with van der Waals surface area (Å²) in [6, 6.07) is 6.85. The molecular weight excluding hydrogens is 356 g/mol. The van der Waals surface area contributed by atoms with Crippen LogP contribution in [0.15, 0.2) is 52.6 Å². The highest BCUT2D eigenvalue weighted by atomic mass is 32.2. The van der Waals surface area contributed by atoms with Crippen LogP contribution in [0.1, 0.15) is 13.3 Å². The summed E-state index contributed by atoms with van der Waals surface area (Å²) in [5.41, 5.74) is 1.52. The fourth-order valence-electron chi connectivity index (χ4n) is 2.46. The number of nitrogens with zero attached hydrogens (tertiary/aromatic N) is 2. The Morgan fingerprint density at radius 3 is 2.65 bits per heavy atom. The van der Waals surface area contributed by atoms with Crippen molar-refractivity contribution in [2.75, 3.05) is 22.9 Å². The maximum absolute atomic E-state index is 12.5. The van der Waals surface area contributed by atoms with Crippen LogP contribution in [0.3, 0.4) is 0 Å². The fraction of sp³-hybridized carbons (Fsp3) is 0.235. The summed E-state index contributed by atoms with van der Waals surface area (Å²) < 4.78 is 26.7. The van der Waals surface area contributed by atoms with Crippen LogP contribution in [-0.4, -0.2) is 43.3 Å². The van der Waals surface area contributed by atoms with E-state index in [1.54, 1.807) is 42.3 Å². The third kappa shape index (κ3) is 4.17. The number of hydrogen-bond donors (Lipinski definition) is 2. The molecule has 9 heteroatoms. The van der Waals surface area contributed by atoms with E-state index in [0.717, 1.165) is 0 Å². The van der Waals surface area contributed by atoms with E-state index in [9.17, 15) is 18.0 Å². The van der Waals surface area contributed by atoms with E-state index in [1.165, 1.54) is 12.2 Å². The van der Waals surface area contributed by atoms with Gasteiger partial charge in [-0.05, 0) is 30.4 Å². The summed E-state index contributed by atoms with van der Waals surface area (Å²) >= 11 is 0. The van der Waals surface area contributed by atoms with Crippen molar-refractivity contribution in [3.63, 3.8) is 0 Å². The molecule has 0 saturated heterocycles. The number of benzene rings is 1. The van der Waals surface area contributed by atoms with Gasteiger partial charge in [0, 0.05) is 30.5 Å². The SMILES string of the molecule is CCC(=O)Nc1cccc(NC(=O)C2=CN3CCS(=O)(=O)N=C3C=C2)c1. The van der Waals surface area contributed by atoms with Crippen LogP contribution in [0, 0.1) is 0 Å². The average molecular weight is 374 g/mol. The van der Waals surface area contributed by atoms with Gasteiger partial charge in [-0.2, -0.15) is 0 Å². The summed E-state index contributed by atoms with van der Waals surface area (Å²) in [5.74, 6) is -0.238. The molecule has 0 saturated carbocycles. The highest BCUT2D eigenvalue weighted by Gasteiger charge is 2.25. The van der Waals surface area contributed by atoms with E-state index in [-0.39, 0.29) is 24.1 Å². The number of sulfonamides is 1. The summed E-state index contributed by atoms with van der Waals surface area (Å²) in [6.45, 7) is 2.01. The Hall–Kier alpha value is -2.94. The molecular formula is C17H18N4O4S. The van der Waals surface area contributed by atoms with Crippen LogP contribution in [0.25, 0.3) is 0 Å². The number of hydrogen-bond acceptors (Lipinski definition) is 5. The van der Waals surface area contributed by atoms with Gasteiger partial charge in [-0.15, -0.1) is 4.40 Å². The van der Waals surface area contributed by atoms with E-state index in [0.29, 0.717) is 29.2 Å². The Bertz CT molecular complexity index is 947. The quantitative estimate of drug-likeness (QED) is 0.830. The number of rotatable bonds is 4. The van der Waals surface area contributed by atoms with Gasteiger partial charge in [0.05, 0.1) is 11.3 Å². The molecule has 2 N–H and O–H groups in total. The van der Waals surface area contributed by atoms with E-state index >= 15 is 0 Å². The van der Waals surface area contributed by atoms with Crippen molar-refractivity contribution in [2.24, 2.45) is 4.40 Å². The largest absolute Gasteiger partial charge is 0.330 e. The van der Waals surface area contributed by atoms with Gasteiger partial charge in [0.2, 0.25) is 5.91 Å². The zero-order valence-corrected chi connectivity index (χ0v) is 14.9. The molecule has 1 aromatic rings. The molecule has 0 unspecified atom stereocenters. The summed E-state index contributed by atoms with van der Waals surface area (Å²) in [4.78, 5) is 25.6. The normalized spacial score (nSPS) is 17.7. The molecule has 0 atom stereocenters. The van der Waals surface area contributed by atoms with Crippen LogP contribution >= 0.6 is 0 Å². The molecule has 1 aromatic carbocycles. The molecule has 26 heavy (non-hydrogen) atoms. The smallest absolute Gasteiger partial charge is 0.257 e. The molecule has 3 rings (SSSR count). The molecule has 2 aliphatic heterocycles. The van der Waals surface area contributed by atoms with E-state index in [4.69, 9.17) is 0 Å². The second-order valence-electron chi connectivity index (χ2n) is 5.78. The Kier molecular flexibility index (Phi) is 4.90. The molecule has 8 nitrogen and oxygen atoms in total. The molecule has 0 spiro atoms. The minimum absolute atomic E-state index is 0.0884. The maximum atomic E-state index is 12.5. The first-order valence-corrected chi connectivity index (χ1v) is 9.68. The van der Waals surface area contributed by atoms with E-state index < -0.39 is 10.0 Å². The van der Waals surface area contributed by atoms with Gasteiger partial charge in [-0.1, -0.05) is 13.0 Å². The molecule has 0 bridgehead atoms. The molecule has 2 amide bonds. The van der Waals surface area contributed by atoms with E-state index in [1.807, 2.05) is 0 Å². The lowest BCUT2D eigenvalue weighted by molar-refractivity contribution is -0.116. The Morgan fingerprint density at radius 2 is 1.92 bits per heavy atom. The number of carbonyl (C=O) groups is 2. The van der Waals surface area contributed by atoms with Crippen molar-refractivity contribution in [1.29, 1.82) is 0 Å². The van der Waals surface area contributed by atoms with Gasteiger partial charge >= 0.3 is 0 Å². The zero-order valence-electron chi connectivity index (χ0n) is 14.1. The van der Waals surface area contributed by atoms with Gasteiger partial charge in [0.15, 0.2) is 0 Å². The zero-order chi connectivity index (χ0) is 18.7. The second kappa shape index (κ2) is 7.12. The van der Waals surface area contributed by atoms with E-state index in [2.05, 4.69) is 15.0 Å². The molecule has 0 radical (unpaired) electrons. The number of anilines is 2. The first-order chi connectivity index (χ1) is 12.4. The van der Waals surface area contributed by atoms with Crippen LogP contribution in [0.2, 0.25) is 0 Å². The lowest BCUT2D eigenvalue weighted by Gasteiger charge is -2.26. The first-order valence-electron chi connectivity index (χ1n) is 8.07. The van der Waals surface area contributed by atoms with Crippen LogP contribution in [0.4, 0.5) is 11.4 Å². The molecule has 2 aliphatic rings. The number of amides is 2. The van der Waals surface area contributed by atoms with Crippen LogP contribution < -0.4 is 10.6 Å². The lowest BCUT2D eigenvalue weighted by atomic mass is 10.1.